The number of carbonyl (C=O) groups excluding carboxylic acids is 1. The van der Waals surface area contributed by atoms with E-state index < -0.39 is 0 Å². The number of imidazole rings is 1. The van der Waals surface area contributed by atoms with Crippen LogP contribution in [0, 0.1) is 5.41 Å². The highest BCUT2D eigenvalue weighted by atomic mass is 16.3. The van der Waals surface area contributed by atoms with Crippen molar-refractivity contribution >= 4 is 28.8 Å². The maximum atomic E-state index is 13.5. The smallest absolute Gasteiger partial charge is 0.230 e. The fraction of sp³-hybridized carbons (Fsp3) is 0.700. The van der Waals surface area contributed by atoms with Crippen molar-refractivity contribution in [3.05, 3.63) is 6.33 Å². The van der Waals surface area contributed by atoms with Crippen molar-refractivity contribution in [3.63, 3.8) is 0 Å². The standard InChI is InChI=1S/C20H29N7O2/c1-21-16-15-17(23-12-22-15)25-19(24-16)26-9-2-7-20(11-26)8-10-27(18(20)29)13-3-5-14(28)6-4-13/h12-14,28H,2-11H2,1H3,(H2,21,22,23,24,25)/t13-,14-,20-/m1/s1. The number of fused-ring (bicyclic) bond motifs is 1. The second kappa shape index (κ2) is 7.12. The number of rotatable bonds is 3. The van der Waals surface area contributed by atoms with Crippen molar-refractivity contribution in [2.45, 2.75) is 57.1 Å². The number of carbonyl (C=O) groups is 1. The first kappa shape index (κ1) is 18.6. The van der Waals surface area contributed by atoms with Crippen molar-refractivity contribution in [2.75, 3.05) is 36.9 Å². The summed E-state index contributed by atoms with van der Waals surface area (Å²) in [5.41, 5.74) is 1.10. The number of likely N-dealkylation sites (tertiary alicyclic amines) is 1. The van der Waals surface area contributed by atoms with E-state index in [1.807, 2.05) is 7.05 Å². The number of nitrogens with one attached hydrogen (secondary N) is 2. The van der Waals surface area contributed by atoms with Gasteiger partial charge < -0.3 is 25.2 Å². The normalized spacial score (nSPS) is 30.5. The van der Waals surface area contributed by atoms with Crippen molar-refractivity contribution in [1.29, 1.82) is 0 Å². The van der Waals surface area contributed by atoms with E-state index in [0.717, 1.165) is 63.6 Å². The minimum Gasteiger partial charge on any atom is -0.393 e. The number of H-pyrrole nitrogens is 1. The van der Waals surface area contributed by atoms with Crippen molar-refractivity contribution in [2.24, 2.45) is 5.41 Å². The predicted molar refractivity (Wildman–Crippen MR) is 110 cm³/mol. The molecule has 5 rings (SSSR count). The fourth-order valence-electron chi connectivity index (χ4n) is 5.39. The van der Waals surface area contributed by atoms with Crippen LogP contribution >= 0.6 is 0 Å². The van der Waals surface area contributed by atoms with Crippen LogP contribution in [0.5, 0.6) is 0 Å². The largest absolute Gasteiger partial charge is 0.393 e. The number of piperidine rings is 1. The van der Waals surface area contributed by atoms with Gasteiger partial charge in [-0.15, -0.1) is 0 Å². The van der Waals surface area contributed by atoms with Gasteiger partial charge in [0, 0.05) is 32.7 Å². The van der Waals surface area contributed by atoms with Crippen molar-refractivity contribution in [3.8, 4) is 0 Å². The SMILES string of the molecule is CNc1nc(N2CCC[C@@]3(CCN([C@H]4CC[C@H](O)CC4)C3=O)C2)nc2[nH]cnc12. The Labute approximate surface area is 169 Å². The third-order valence-electron chi connectivity index (χ3n) is 7.02. The monoisotopic (exact) mass is 399 g/mol. The lowest BCUT2D eigenvalue weighted by molar-refractivity contribution is -0.139. The molecule has 2 aromatic rings. The number of aliphatic hydroxyl groups is 1. The molecule has 9 nitrogen and oxygen atoms in total. The van der Waals surface area contributed by atoms with Crippen LogP contribution in [0.3, 0.4) is 0 Å². The van der Waals surface area contributed by atoms with Gasteiger partial charge in [0.2, 0.25) is 11.9 Å². The van der Waals surface area contributed by atoms with E-state index in [4.69, 9.17) is 0 Å². The Morgan fingerprint density at radius 2 is 2.03 bits per heavy atom. The molecule has 2 aliphatic heterocycles. The molecule has 3 N–H and O–H groups in total. The average Bonchev–Trinajstić information content (AvgIpc) is 3.34. The minimum atomic E-state index is -0.333. The van der Waals surface area contributed by atoms with Crippen LogP contribution in [0.15, 0.2) is 6.33 Å². The van der Waals surface area contributed by atoms with Crippen LogP contribution < -0.4 is 10.2 Å². The molecule has 156 valence electrons. The molecule has 0 bridgehead atoms. The van der Waals surface area contributed by atoms with Gasteiger partial charge in [-0.05, 0) is 44.9 Å². The molecule has 1 spiro atoms. The fourth-order valence-corrected chi connectivity index (χ4v) is 5.39. The highest BCUT2D eigenvalue weighted by Crippen LogP contribution is 2.43. The zero-order valence-corrected chi connectivity index (χ0v) is 16.9. The van der Waals surface area contributed by atoms with Crippen LogP contribution in [0.1, 0.15) is 44.9 Å². The summed E-state index contributed by atoms with van der Waals surface area (Å²) in [6.45, 7) is 2.35. The van der Waals surface area contributed by atoms with E-state index >= 15 is 0 Å². The lowest BCUT2D eigenvalue weighted by atomic mass is 9.78. The number of aromatic amines is 1. The van der Waals surface area contributed by atoms with Gasteiger partial charge in [0.1, 0.15) is 5.52 Å². The molecule has 0 unspecified atom stereocenters. The molecule has 0 aromatic carbocycles. The molecule has 2 saturated heterocycles. The molecule has 29 heavy (non-hydrogen) atoms. The first-order chi connectivity index (χ1) is 14.1. The first-order valence-electron chi connectivity index (χ1n) is 10.7. The van der Waals surface area contributed by atoms with Crippen molar-refractivity contribution in [1.82, 2.24) is 24.8 Å². The van der Waals surface area contributed by atoms with E-state index in [1.165, 1.54) is 0 Å². The Morgan fingerprint density at radius 1 is 1.21 bits per heavy atom. The maximum Gasteiger partial charge on any atom is 0.230 e. The summed E-state index contributed by atoms with van der Waals surface area (Å²) in [6, 6.07) is 0.286. The van der Waals surface area contributed by atoms with Crippen molar-refractivity contribution < 1.29 is 9.90 Å². The summed E-state index contributed by atoms with van der Waals surface area (Å²) in [7, 11) is 1.83. The number of amides is 1. The highest BCUT2D eigenvalue weighted by molar-refractivity contribution is 5.87. The molecule has 3 aliphatic rings. The van der Waals surface area contributed by atoms with E-state index in [0.29, 0.717) is 29.9 Å². The quantitative estimate of drug-likeness (QED) is 0.718. The van der Waals surface area contributed by atoms with Gasteiger partial charge >= 0.3 is 0 Å². The van der Waals surface area contributed by atoms with E-state index in [-0.39, 0.29) is 17.6 Å². The number of anilines is 2. The zero-order chi connectivity index (χ0) is 20.0. The van der Waals surface area contributed by atoms with Gasteiger partial charge in [-0.25, -0.2) is 4.98 Å². The third-order valence-corrected chi connectivity index (χ3v) is 7.02. The predicted octanol–water partition coefficient (Wildman–Crippen LogP) is 1.52. The number of hydrogen-bond acceptors (Lipinski definition) is 7. The van der Waals surface area contributed by atoms with Crippen LogP contribution in [-0.4, -0.2) is 74.7 Å². The van der Waals surface area contributed by atoms with Gasteiger partial charge in [0.25, 0.3) is 0 Å². The molecule has 4 heterocycles. The van der Waals surface area contributed by atoms with E-state index in [1.54, 1.807) is 6.33 Å². The molecular formula is C20H29N7O2. The Kier molecular flexibility index (Phi) is 4.57. The lowest BCUT2D eigenvalue weighted by Crippen LogP contribution is -2.50. The molecule has 0 radical (unpaired) electrons. The molecule has 9 heteroatoms. The van der Waals surface area contributed by atoms with Gasteiger partial charge in [-0.3, -0.25) is 4.79 Å². The maximum absolute atomic E-state index is 13.5. The summed E-state index contributed by atoms with van der Waals surface area (Å²) in [5.74, 6) is 1.64. The number of aliphatic hydroxyl groups excluding tert-OH is 1. The third kappa shape index (κ3) is 3.11. The van der Waals surface area contributed by atoms with Gasteiger partial charge in [-0.1, -0.05) is 0 Å². The Hall–Kier alpha value is -2.42. The van der Waals surface area contributed by atoms with Crippen LogP contribution in [0.4, 0.5) is 11.8 Å². The minimum absolute atomic E-state index is 0.195. The number of nitrogens with zero attached hydrogens (tertiary/aromatic N) is 5. The second-order valence-electron chi connectivity index (χ2n) is 8.74. The highest BCUT2D eigenvalue weighted by Gasteiger charge is 2.51. The molecular weight excluding hydrogens is 370 g/mol. The summed E-state index contributed by atoms with van der Waals surface area (Å²) >= 11 is 0. The molecule has 1 atom stereocenters. The molecule has 2 aromatic heterocycles. The topological polar surface area (TPSA) is 110 Å². The molecule has 1 aliphatic carbocycles. The summed E-state index contributed by atoms with van der Waals surface area (Å²) < 4.78 is 0. The lowest BCUT2D eigenvalue weighted by Gasteiger charge is -2.40. The summed E-state index contributed by atoms with van der Waals surface area (Å²) in [6.07, 6.45) is 7.65. The molecule has 1 saturated carbocycles. The van der Waals surface area contributed by atoms with Crippen LogP contribution in [-0.2, 0) is 4.79 Å². The Bertz CT molecular complexity index is 907. The van der Waals surface area contributed by atoms with Gasteiger partial charge in [0.15, 0.2) is 11.5 Å². The first-order valence-corrected chi connectivity index (χ1v) is 10.7. The Balaban J connectivity index is 1.37. The average molecular weight is 399 g/mol. The second-order valence-corrected chi connectivity index (χ2v) is 8.74. The number of aromatic nitrogens is 4. The summed E-state index contributed by atoms with van der Waals surface area (Å²) in [4.78, 5) is 34.5. The number of hydrogen-bond donors (Lipinski definition) is 3. The van der Waals surface area contributed by atoms with Gasteiger partial charge in [0.05, 0.1) is 17.8 Å². The molecule has 3 fully saturated rings. The van der Waals surface area contributed by atoms with Crippen LogP contribution in [0.25, 0.3) is 11.2 Å². The van der Waals surface area contributed by atoms with E-state index in [2.05, 4.69) is 35.1 Å². The molecule has 1 amide bonds. The van der Waals surface area contributed by atoms with Gasteiger partial charge in [-0.2, -0.15) is 9.97 Å². The Morgan fingerprint density at radius 3 is 2.83 bits per heavy atom. The summed E-state index contributed by atoms with van der Waals surface area (Å²) in [5, 5.41) is 12.9. The van der Waals surface area contributed by atoms with Crippen LogP contribution in [0.2, 0.25) is 0 Å². The zero-order valence-electron chi connectivity index (χ0n) is 16.9. The van der Waals surface area contributed by atoms with E-state index in [9.17, 15) is 9.90 Å².